The molecule has 3 aromatic carbocycles. The maximum absolute atomic E-state index is 9.15. The van der Waals surface area contributed by atoms with E-state index in [9.17, 15) is 0 Å². The summed E-state index contributed by atoms with van der Waals surface area (Å²) in [6.45, 7) is 27.2. The van der Waals surface area contributed by atoms with Gasteiger partial charge in [0.25, 0.3) is 0 Å². The number of nitrogens with zero attached hydrogens (tertiary/aromatic N) is 6. The van der Waals surface area contributed by atoms with Crippen molar-refractivity contribution in [2.45, 2.75) is 90.0 Å². The van der Waals surface area contributed by atoms with Crippen LogP contribution in [0.25, 0.3) is 65.5 Å². The van der Waals surface area contributed by atoms with Crippen LogP contribution in [0.3, 0.4) is 0 Å². The Labute approximate surface area is 348 Å². The van der Waals surface area contributed by atoms with Crippen molar-refractivity contribution < 1.29 is 16.5 Å². The molecule has 0 N–H and O–H groups in total. The van der Waals surface area contributed by atoms with Gasteiger partial charge in [0.2, 0.25) is 0 Å². The van der Waals surface area contributed by atoms with Crippen LogP contribution < -0.4 is 0 Å². The molecule has 0 aliphatic rings. The summed E-state index contributed by atoms with van der Waals surface area (Å²) in [5.41, 5.74) is 22.0. The van der Waals surface area contributed by atoms with Crippen molar-refractivity contribution in [3.05, 3.63) is 153 Å². The second-order valence-corrected chi connectivity index (χ2v) is 15.1. The SMILES string of the molecule is C/C(C=[N-])=C(\C)c1ccc2c(C)c(C)cnc2c1C.Cc1cnc2c(ccc3c(C)c(C)cnc32)c1C.Cc1cnc2c(ccc3c(C)c(C)cnc32)c1C.[CH3-].[Ni+2]. The number of rotatable bonds is 2. The third kappa shape index (κ3) is 8.22. The molecule has 0 saturated carbocycles. The van der Waals surface area contributed by atoms with Crippen LogP contribution >= 0.6 is 0 Å². The molecular formula is C50H54N6Ni. The summed E-state index contributed by atoms with van der Waals surface area (Å²) in [6, 6.07) is 12.9. The number of hydrogen-bond donors (Lipinski definition) is 0. The van der Waals surface area contributed by atoms with Gasteiger partial charge in [0.15, 0.2) is 0 Å². The van der Waals surface area contributed by atoms with Gasteiger partial charge in [-0.15, -0.1) is 0 Å². The minimum atomic E-state index is 0. The fourth-order valence-corrected chi connectivity index (χ4v) is 7.13. The first kappa shape index (κ1) is 44.3. The molecule has 0 fully saturated rings. The first-order valence-corrected chi connectivity index (χ1v) is 18.9. The molecular weight excluding hydrogens is 743 g/mol. The van der Waals surface area contributed by atoms with Crippen LogP contribution in [0.4, 0.5) is 0 Å². The Bertz CT molecular complexity index is 2600. The van der Waals surface area contributed by atoms with Crippen LogP contribution in [0.1, 0.15) is 80.6 Å². The molecule has 0 saturated heterocycles. The zero-order valence-corrected chi connectivity index (χ0v) is 36.9. The van der Waals surface area contributed by atoms with Crippen LogP contribution in [0, 0.1) is 83.6 Å². The summed E-state index contributed by atoms with van der Waals surface area (Å²) >= 11 is 0. The van der Waals surface area contributed by atoms with Crippen LogP contribution in [0.15, 0.2) is 73.0 Å². The number of allylic oxidation sites excluding steroid dienone is 2. The van der Waals surface area contributed by atoms with Gasteiger partial charge >= 0.3 is 16.5 Å². The minimum absolute atomic E-state index is 0. The molecule has 0 bridgehead atoms. The smallest absolute Gasteiger partial charge is 0.810 e. The van der Waals surface area contributed by atoms with Gasteiger partial charge in [-0.25, -0.2) is 0 Å². The molecule has 0 atom stereocenters. The van der Waals surface area contributed by atoms with E-state index in [1.807, 2.05) is 44.8 Å². The summed E-state index contributed by atoms with van der Waals surface area (Å²) in [7, 11) is 0. The molecule has 6 nitrogen and oxygen atoms in total. The molecule has 0 amide bonds. The van der Waals surface area contributed by atoms with Crippen molar-refractivity contribution in [2.75, 3.05) is 0 Å². The maximum atomic E-state index is 9.15. The zero-order valence-electron chi connectivity index (χ0n) is 35.9. The van der Waals surface area contributed by atoms with E-state index in [0.29, 0.717) is 0 Å². The quantitative estimate of drug-likeness (QED) is 0.0752. The summed E-state index contributed by atoms with van der Waals surface area (Å²) in [5.74, 6) is 0. The number of aromatic nitrogens is 5. The Morgan fingerprint density at radius 1 is 0.404 bits per heavy atom. The van der Waals surface area contributed by atoms with E-state index in [0.717, 1.165) is 50.5 Å². The van der Waals surface area contributed by atoms with Crippen molar-refractivity contribution >= 4 is 66.3 Å². The number of benzene rings is 3. The van der Waals surface area contributed by atoms with Crippen LogP contribution in [-0.2, 0) is 16.5 Å². The molecule has 5 heterocycles. The molecule has 0 spiro atoms. The Kier molecular flexibility index (Phi) is 13.9. The van der Waals surface area contributed by atoms with Crippen molar-refractivity contribution in [1.82, 2.24) is 24.9 Å². The molecule has 8 rings (SSSR count). The normalized spacial score (nSPS) is 11.3. The van der Waals surface area contributed by atoms with Gasteiger partial charge in [-0.05, 0) is 162 Å². The second kappa shape index (κ2) is 17.8. The Balaban J connectivity index is 0.000000186. The van der Waals surface area contributed by atoms with E-state index in [2.05, 4.69) is 137 Å². The van der Waals surface area contributed by atoms with Crippen LogP contribution in [0.5, 0.6) is 0 Å². The summed E-state index contributed by atoms with van der Waals surface area (Å²) in [4.78, 5) is 22.9. The first-order valence-electron chi connectivity index (χ1n) is 18.9. The van der Waals surface area contributed by atoms with E-state index < -0.39 is 0 Å². The Hall–Kier alpha value is -5.39. The van der Waals surface area contributed by atoms with E-state index in [1.54, 1.807) is 0 Å². The van der Waals surface area contributed by atoms with Gasteiger partial charge in [0.1, 0.15) is 0 Å². The van der Waals surface area contributed by atoms with Gasteiger partial charge in [-0.1, -0.05) is 42.0 Å². The molecule has 7 heteroatoms. The summed E-state index contributed by atoms with van der Waals surface area (Å²) < 4.78 is 0. The summed E-state index contributed by atoms with van der Waals surface area (Å²) in [5, 5.41) is 15.2. The molecule has 0 radical (unpaired) electrons. The first-order chi connectivity index (χ1) is 26.2. The van der Waals surface area contributed by atoms with Crippen molar-refractivity contribution in [1.29, 1.82) is 0 Å². The van der Waals surface area contributed by atoms with Crippen molar-refractivity contribution in [3.63, 3.8) is 0 Å². The average Bonchev–Trinajstić information content (AvgIpc) is 3.18. The number of fused-ring (bicyclic) bond motifs is 7. The van der Waals surface area contributed by atoms with Gasteiger partial charge < -0.3 is 12.8 Å². The molecule has 5 aromatic heterocycles. The van der Waals surface area contributed by atoms with E-state index >= 15 is 0 Å². The monoisotopic (exact) mass is 796 g/mol. The molecule has 294 valence electrons. The largest absolute Gasteiger partial charge is 2.00 e. The van der Waals surface area contributed by atoms with Crippen molar-refractivity contribution in [3.8, 4) is 0 Å². The van der Waals surface area contributed by atoms with E-state index in [-0.39, 0.29) is 23.9 Å². The van der Waals surface area contributed by atoms with Gasteiger partial charge in [0.05, 0.1) is 27.6 Å². The number of pyridine rings is 5. The molecule has 0 unspecified atom stereocenters. The number of aryl methyl sites for hydroxylation is 11. The predicted octanol–water partition coefficient (Wildman–Crippen LogP) is 13.1. The molecule has 0 aliphatic heterocycles. The van der Waals surface area contributed by atoms with Crippen LogP contribution in [0.2, 0.25) is 0 Å². The summed E-state index contributed by atoms with van der Waals surface area (Å²) in [6.07, 6.45) is 10.8. The number of hydrogen-bond acceptors (Lipinski definition) is 5. The van der Waals surface area contributed by atoms with Gasteiger partial charge in [-0.2, -0.15) is 6.21 Å². The van der Waals surface area contributed by atoms with Crippen molar-refractivity contribution in [2.24, 2.45) is 0 Å². The van der Waals surface area contributed by atoms with Gasteiger partial charge in [-0.3, -0.25) is 24.9 Å². The maximum Gasteiger partial charge on any atom is 2.00 e. The minimum Gasteiger partial charge on any atom is -0.810 e. The second-order valence-electron chi connectivity index (χ2n) is 15.1. The zero-order chi connectivity index (χ0) is 39.9. The topological polar surface area (TPSA) is 86.8 Å². The fraction of sp³-hybridized carbons (Fsp3) is 0.260. The van der Waals surface area contributed by atoms with E-state index in [4.69, 9.17) is 5.41 Å². The van der Waals surface area contributed by atoms with Gasteiger partial charge in [0, 0.05) is 57.9 Å². The van der Waals surface area contributed by atoms with E-state index in [1.165, 1.54) is 88.1 Å². The third-order valence-electron chi connectivity index (χ3n) is 11.8. The van der Waals surface area contributed by atoms with Crippen LogP contribution in [-0.4, -0.2) is 31.1 Å². The standard InChI is InChI=1S/C17H19N2.2C16H16N2.CH3.Ni/c1-10(8-18)12(3)15-6-7-16-13(4)11(2)9-19-17(16)14(15)5;2*1-9-7-17-15-13(11(9)3)5-6-14-12(4)10(2)8-18-16(14)15;;/h6-9H,1-5H3;2*5-8H,1-4H3;1H3;/q-1;;;-1;+2/b12-10-;;;;. The Morgan fingerprint density at radius 2 is 0.649 bits per heavy atom. The third-order valence-corrected chi connectivity index (χ3v) is 11.8. The average molecular weight is 798 g/mol. The Morgan fingerprint density at radius 3 is 0.930 bits per heavy atom. The fourth-order valence-electron chi connectivity index (χ4n) is 7.13. The molecule has 0 aliphatic carbocycles. The predicted molar refractivity (Wildman–Crippen MR) is 242 cm³/mol. The molecule has 57 heavy (non-hydrogen) atoms. The molecule has 8 aromatic rings.